The normalized spacial score (nSPS) is 15.2. The first-order valence-corrected chi connectivity index (χ1v) is 5.76. The maximum Gasteiger partial charge on any atom is 0.151 e. The highest BCUT2D eigenvalue weighted by atomic mass is 15.4. The molecule has 1 fully saturated rings. The highest BCUT2D eigenvalue weighted by Crippen LogP contribution is 2.25. The molecule has 1 aliphatic heterocycles. The molecule has 6 heteroatoms. The minimum Gasteiger partial charge on any atom is -0.351 e. The monoisotopic (exact) mass is 240 g/mol. The largest absolute Gasteiger partial charge is 0.351 e. The standard InChI is InChI=1S/C12H12N6/c1-9-2-3-12(16-15-9)17-7-11(8-17)18-6-10(4-13)5-14-18/h2-3,5-6,11H,7-8H2,1H3. The van der Waals surface area contributed by atoms with Crippen molar-refractivity contribution in [3.05, 3.63) is 35.8 Å². The van der Waals surface area contributed by atoms with Gasteiger partial charge in [-0.2, -0.15) is 15.5 Å². The fourth-order valence-corrected chi connectivity index (χ4v) is 1.97. The third-order valence-corrected chi connectivity index (χ3v) is 3.07. The molecule has 0 amide bonds. The summed E-state index contributed by atoms with van der Waals surface area (Å²) in [7, 11) is 0. The van der Waals surface area contributed by atoms with Crippen molar-refractivity contribution >= 4 is 5.82 Å². The van der Waals surface area contributed by atoms with E-state index in [0.29, 0.717) is 11.6 Å². The number of hydrogen-bond acceptors (Lipinski definition) is 5. The van der Waals surface area contributed by atoms with Gasteiger partial charge in [-0.25, -0.2) is 0 Å². The third-order valence-electron chi connectivity index (χ3n) is 3.07. The van der Waals surface area contributed by atoms with Crippen LogP contribution >= 0.6 is 0 Å². The van der Waals surface area contributed by atoms with Gasteiger partial charge in [-0.15, -0.1) is 5.10 Å². The SMILES string of the molecule is Cc1ccc(N2CC(n3cc(C#N)cn3)C2)nn1. The lowest BCUT2D eigenvalue weighted by Gasteiger charge is -2.39. The van der Waals surface area contributed by atoms with E-state index in [-0.39, 0.29) is 0 Å². The van der Waals surface area contributed by atoms with Gasteiger partial charge >= 0.3 is 0 Å². The Kier molecular flexibility index (Phi) is 2.45. The summed E-state index contributed by atoms with van der Waals surface area (Å²) in [6, 6.07) is 6.33. The minimum absolute atomic E-state index is 0.315. The molecule has 90 valence electrons. The van der Waals surface area contributed by atoms with E-state index in [1.165, 1.54) is 0 Å². The van der Waals surface area contributed by atoms with Gasteiger partial charge in [0.05, 0.1) is 23.5 Å². The zero-order chi connectivity index (χ0) is 12.5. The van der Waals surface area contributed by atoms with Gasteiger partial charge < -0.3 is 4.90 Å². The fourth-order valence-electron chi connectivity index (χ4n) is 1.97. The first kappa shape index (κ1) is 10.7. The quantitative estimate of drug-likeness (QED) is 0.780. The molecule has 0 aliphatic carbocycles. The molecule has 0 saturated carbocycles. The summed E-state index contributed by atoms with van der Waals surface area (Å²) in [5, 5.41) is 21.1. The van der Waals surface area contributed by atoms with Crippen LogP contribution in [0.1, 0.15) is 17.3 Å². The molecule has 1 saturated heterocycles. The number of anilines is 1. The summed E-state index contributed by atoms with van der Waals surface area (Å²) >= 11 is 0. The summed E-state index contributed by atoms with van der Waals surface area (Å²) < 4.78 is 1.84. The molecule has 0 bridgehead atoms. The van der Waals surface area contributed by atoms with Crippen LogP contribution in [0.5, 0.6) is 0 Å². The third kappa shape index (κ3) is 1.80. The van der Waals surface area contributed by atoms with Crippen LogP contribution in [-0.2, 0) is 0 Å². The Labute approximate surface area is 104 Å². The lowest BCUT2D eigenvalue weighted by Crippen LogP contribution is -2.48. The molecule has 0 atom stereocenters. The Bertz CT molecular complexity index is 588. The molecule has 1 aliphatic rings. The average Bonchev–Trinajstić information content (AvgIpc) is 2.78. The second kappa shape index (κ2) is 4.11. The molecule has 3 rings (SSSR count). The molecule has 18 heavy (non-hydrogen) atoms. The van der Waals surface area contributed by atoms with Gasteiger partial charge in [0.25, 0.3) is 0 Å². The van der Waals surface area contributed by atoms with Crippen molar-refractivity contribution in [3.63, 3.8) is 0 Å². The summed E-state index contributed by atoms with van der Waals surface area (Å²) in [6.45, 7) is 3.62. The van der Waals surface area contributed by atoms with Gasteiger partial charge in [0.15, 0.2) is 5.82 Å². The molecule has 2 aromatic rings. The number of aromatic nitrogens is 4. The van der Waals surface area contributed by atoms with Gasteiger partial charge in [-0.1, -0.05) is 0 Å². The highest BCUT2D eigenvalue weighted by molar-refractivity contribution is 5.41. The van der Waals surface area contributed by atoms with Crippen molar-refractivity contribution in [2.24, 2.45) is 0 Å². The summed E-state index contributed by atoms with van der Waals surface area (Å²) in [6.07, 6.45) is 3.37. The van der Waals surface area contributed by atoms with Crippen LogP contribution < -0.4 is 4.90 Å². The smallest absolute Gasteiger partial charge is 0.151 e. The topological polar surface area (TPSA) is 70.6 Å². The maximum atomic E-state index is 8.75. The van der Waals surface area contributed by atoms with Crippen LogP contribution in [0.25, 0.3) is 0 Å². The molecule has 0 spiro atoms. The number of nitrogens with zero attached hydrogens (tertiary/aromatic N) is 6. The van der Waals surface area contributed by atoms with Gasteiger partial charge in [-0.3, -0.25) is 4.68 Å². The van der Waals surface area contributed by atoms with Crippen molar-refractivity contribution in [1.82, 2.24) is 20.0 Å². The molecule has 6 nitrogen and oxygen atoms in total. The summed E-state index contributed by atoms with van der Waals surface area (Å²) in [5.74, 6) is 0.893. The maximum absolute atomic E-state index is 8.75. The van der Waals surface area contributed by atoms with E-state index in [1.807, 2.05) is 23.7 Å². The van der Waals surface area contributed by atoms with Crippen LogP contribution in [0.4, 0.5) is 5.82 Å². The van der Waals surface area contributed by atoms with Crippen molar-refractivity contribution in [3.8, 4) is 6.07 Å². The van der Waals surface area contributed by atoms with Crippen molar-refractivity contribution in [1.29, 1.82) is 5.26 Å². The first-order chi connectivity index (χ1) is 8.76. The van der Waals surface area contributed by atoms with E-state index in [4.69, 9.17) is 5.26 Å². The van der Waals surface area contributed by atoms with E-state index in [9.17, 15) is 0 Å². The summed E-state index contributed by atoms with van der Waals surface area (Å²) in [4.78, 5) is 2.14. The second-order valence-electron chi connectivity index (χ2n) is 4.41. The average molecular weight is 240 g/mol. The molecule has 0 unspecified atom stereocenters. The Hall–Kier alpha value is -2.42. The van der Waals surface area contributed by atoms with Crippen LogP contribution in [0.2, 0.25) is 0 Å². The van der Waals surface area contributed by atoms with Gasteiger partial charge in [0, 0.05) is 19.3 Å². The van der Waals surface area contributed by atoms with Crippen molar-refractivity contribution in [2.45, 2.75) is 13.0 Å². The lowest BCUT2D eigenvalue weighted by molar-refractivity contribution is 0.365. The van der Waals surface area contributed by atoms with Crippen LogP contribution in [0, 0.1) is 18.3 Å². The van der Waals surface area contributed by atoms with E-state index in [1.54, 1.807) is 12.4 Å². The van der Waals surface area contributed by atoms with E-state index >= 15 is 0 Å². The minimum atomic E-state index is 0.315. The molecule has 3 heterocycles. The molecular weight excluding hydrogens is 228 g/mol. The van der Waals surface area contributed by atoms with E-state index in [0.717, 1.165) is 24.6 Å². The Morgan fingerprint density at radius 1 is 1.33 bits per heavy atom. The second-order valence-corrected chi connectivity index (χ2v) is 4.41. The molecule has 0 radical (unpaired) electrons. The van der Waals surface area contributed by atoms with Gasteiger partial charge in [0.2, 0.25) is 0 Å². The number of hydrogen-bond donors (Lipinski definition) is 0. The molecule has 0 N–H and O–H groups in total. The predicted molar refractivity (Wildman–Crippen MR) is 65.0 cm³/mol. The van der Waals surface area contributed by atoms with Crippen molar-refractivity contribution < 1.29 is 0 Å². The lowest BCUT2D eigenvalue weighted by atomic mass is 10.1. The Balaban J connectivity index is 1.66. The zero-order valence-electron chi connectivity index (χ0n) is 9.98. The van der Waals surface area contributed by atoms with Gasteiger partial charge in [-0.05, 0) is 19.1 Å². The first-order valence-electron chi connectivity index (χ1n) is 5.76. The molecule has 0 aromatic carbocycles. The number of aryl methyl sites for hydroxylation is 1. The number of nitriles is 1. The predicted octanol–water partition coefficient (Wildman–Crippen LogP) is 0.914. The highest BCUT2D eigenvalue weighted by Gasteiger charge is 2.29. The zero-order valence-corrected chi connectivity index (χ0v) is 9.98. The van der Waals surface area contributed by atoms with Crippen LogP contribution in [0.15, 0.2) is 24.5 Å². The molecule has 2 aromatic heterocycles. The molecular formula is C12H12N6. The fraction of sp³-hybridized carbons (Fsp3) is 0.333. The van der Waals surface area contributed by atoms with Crippen molar-refractivity contribution in [2.75, 3.05) is 18.0 Å². The van der Waals surface area contributed by atoms with E-state index in [2.05, 4.69) is 26.3 Å². The van der Waals surface area contributed by atoms with Crippen LogP contribution in [0.3, 0.4) is 0 Å². The Morgan fingerprint density at radius 2 is 2.17 bits per heavy atom. The summed E-state index contributed by atoms with van der Waals surface area (Å²) in [5.41, 5.74) is 1.52. The van der Waals surface area contributed by atoms with Gasteiger partial charge in [0.1, 0.15) is 6.07 Å². The number of rotatable bonds is 2. The van der Waals surface area contributed by atoms with Crippen LogP contribution in [-0.4, -0.2) is 33.1 Å². The Morgan fingerprint density at radius 3 is 2.78 bits per heavy atom. The van der Waals surface area contributed by atoms with E-state index < -0.39 is 0 Å².